The van der Waals surface area contributed by atoms with Crippen molar-refractivity contribution in [2.24, 2.45) is 7.05 Å². The third-order valence-corrected chi connectivity index (χ3v) is 6.57. The van der Waals surface area contributed by atoms with Gasteiger partial charge in [-0.15, -0.1) is 0 Å². The van der Waals surface area contributed by atoms with Gasteiger partial charge in [0.1, 0.15) is 0 Å². The molecule has 0 saturated carbocycles. The minimum Gasteiger partial charge on any atom is -0.339 e. The number of carbonyl (C=O) groups excluding carboxylic acids is 1. The van der Waals surface area contributed by atoms with E-state index in [-0.39, 0.29) is 17.6 Å². The van der Waals surface area contributed by atoms with E-state index in [4.69, 9.17) is 0 Å². The summed E-state index contributed by atoms with van der Waals surface area (Å²) in [5.74, 6) is 0. The molecular formula is C18H25N5O3S. The van der Waals surface area contributed by atoms with E-state index in [0.717, 1.165) is 16.8 Å². The summed E-state index contributed by atoms with van der Waals surface area (Å²) in [6.07, 6.45) is 3.53. The standard InChI is InChI=1S/C18H25N5O3S/c1-14-5-6-16(11-15(14)2)20-18(24)22-7-4-8-23(10-9-22)27(25,26)17-12-21(3)13-19-17/h5-6,11-13H,4,7-10H2,1-3H3,(H,20,24). The maximum atomic E-state index is 12.7. The van der Waals surface area contributed by atoms with Crippen LogP contribution in [-0.4, -0.2) is 59.4 Å². The highest BCUT2D eigenvalue weighted by Gasteiger charge is 2.29. The lowest BCUT2D eigenvalue weighted by Crippen LogP contribution is -2.39. The normalized spacial score (nSPS) is 16.2. The van der Waals surface area contributed by atoms with Crippen molar-refractivity contribution in [2.45, 2.75) is 25.3 Å². The van der Waals surface area contributed by atoms with Crippen molar-refractivity contribution in [3.05, 3.63) is 41.9 Å². The number of hydrogen-bond acceptors (Lipinski definition) is 4. The van der Waals surface area contributed by atoms with Crippen molar-refractivity contribution in [3.8, 4) is 0 Å². The zero-order chi connectivity index (χ0) is 19.6. The summed E-state index contributed by atoms with van der Waals surface area (Å²) >= 11 is 0. The number of anilines is 1. The molecule has 1 fully saturated rings. The number of nitrogens with zero attached hydrogens (tertiary/aromatic N) is 4. The number of rotatable bonds is 3. The van der Waals surface area contributed by atoms with Gasteiger partial charge in [-0.1, -0.05) is 6.07 Å². The second-order valence-electron chi connectivity index (χ2n) is 6.85. The zero-order valence-electron chi connectivity index (χ0n) is 15.8. The number of aromatic nitrogens is 2. The Hall–Kier alpha value is -2.39. The van der Waals surface area contributed by atoms with Crippen molar-refractivity contribution in [1.82, 2.24) is 18.8 Å². The lowest BCUT2D eigenvalue weighted by Gasteiger charge is -2.22. The number of hydrogen-bond donors (Lipinski definition) is 1. The van der Waals surface area contributed by atoms with Crippen LogP contribution in [0.5, 0.6) is 0 Å². The molecule has 0 atom stereocenters. The van der Waals surface area contributed by atoms with Gasteiger partial charge in [0, 0.05) is 45.1 Å². The van der Waals surface area contributed by atoms with Crippen molar-refractivity contribution < 1.29 is 13.2 Å². The molecule has 0 bridgehead atoms. The molecule has 0 radical (unpaired) electrons. The number of urea groups is 1. The number of aryl methyl sites for hydroxylation is 3. The van der Waals surface area contributed by atoms with E-state index in [1.165, 1.54) is 16.8 Å². The van der Waals surface area contributed by atoms with Gasteiger partial charge in [0.15, 0.2) is 5.03 Å². The monoisotopic (exact) mass is 391 g/mol. The first-order valence-electron chi connectivity index (χ1n) is 8.88. The first kappa shape index (κ1) is 19.4. The third kappa shape index (κ3) is 4.30. The van der Waals surface area contributed by atoms with E-state index in [2.05, 4.69) is 10.3 Å². The van der Waals surface area contributed by atoms with Gasteiger partial charge in [-0.25, -0.2) is 18.2 Å². The predicted molar refractivity (Wildman–Crippen MR) is 103 cm³/mol. The van der Waals surface area contributed by atoms with Crippen LogP contribution in [0.4, 0.5) is 10.5 Å². The number of carbonyl (C=O) groups is 1. The molecule has 0 spiro atoms. The first-order chi connectivity index (χ1) is 12.8. The molecule has 9 heteroatoms. The number of sulfonamides is 1. The van der Waals surface area contributed by atoms with Crippen molar-refractivity contribution in [3.63, 3.8) is 0 Å². The van der Waals surface area contributed by atoms with E-state index >= 15 is 0 Å². The summed E-state index contributed by atoms with van der Waals surface area (Å²) in [4.78, 5) is 18.2. The highest BCUT2D eigenvalue weighted by atomic mass is 32.2. The van der Waals surface area contributed by atoms with Crippen molar-refractivity contribution >= 4 is 21.7 Å². The molecule has 27 heavy (non-hydrogen) atoms. The Bertz CT molecular complexity index is 938. The molecule has 1 aliphatic heterocycles. The molecule has 2 amide bonds. The summed E-state index contributed by atoms with van der Waals surface area (Å²) in [5, 5.41) is 2.94. The average Bonchev–Trinajstić information content (AvgIpc) is 2.91. The molecular weight excluding hydrogens is 366 g/mol. The number of imidazole rings is 1. The highest BCUT2D eigenvalue weighted by molar-refractivity contribution is 7.89. The van der Waals surface area contributed by atoms with Gasteiger partial charge in [-0.2, -0.15) is 4.31 Å². The Balaban J connectivity index is 1.65. The third-order valence-electron chi connectivity index (χ3n) is 4.79. The first-order valence-corrected chi connectivity index (χ1v) is 10.3. The van der Waals surface area contributed by atoms with Gasteiger partial charge in [-0.05, 0) is 43.5 Å². The quantitative estimate of drug-likeness (QED) is 0.866. The minimum absolute atomic E-state index is 0.0398. The molecule has 1 N–H and O–H groups in total. The van der Waals surface area contributed by atoms with Gasteiger partial charge in [-0.3, -0.25) is 0 Å². The summed E-state index contributed by atoms with van der Waals surface area (Å²) in [7, 11) is -1.91. The summed E-state index contributed by atoms with van der Waals surface area (Å²) in [5.41, 5.74) is 3.01. The number of nitrogens with one attached hydrogen (secondary N) is 1. The van der Waals surface area contributed by atoms with Crippen LogP contribution in [0.1, 0.15) is 17.5 Å². The van der Waals surface area contributed by atoms with Crippen LogP contribution in [0.2, 0.25) is 0 Å². The Morgan fingerprint density at radius 3 is 2.56 bits per heavy atom. The average molecular weight is 391 g/mol. The molecule has 2 heterocycles. The summed E-state index contributed by atoms with van der Waals surface area (Å²) < 4.78 is 28.4. The fourth-order valence-electron chi connectivity index (χ4n) is 3.01. The Morgan fingerprint density at radius 1 is 1.11 bits per heavy atom. The highest BCUT2D eigenvalue weighted by Crippen LogP contribution is 2.18. The van der Waals surface area contributed by atoms with Gasteiger partial charge < -0.3 is 14.8 Å². The van der Waals surface area contributed by atoms with Crippen LogP contribution in [0.15, 0.2) is 35.7 Å². The molecule has 1 aliphatic rings. The maximum Gasteiger partial charge on any atom is 0.321 e. The second-order valence-corrected chi connectivity index (χ2v) is 8.74. The van der Waals surface area contributed by atoms with Crippen LogP contribution in [0.25, 0.3) is 0 Å². The Labute approximate surface area is 159 Å². The van der Waals surface area contributed by atoms with Gasteiger partial charge in [0.05, 0.1) is 6.33 Å². The predicted octanol–water partition coefficient (Wildman–Crippen LogP) is 1.97. The maximum absolute atomic E-state index is 12.7. The van der Waals surface area contributed by atoms with Crippen LogP contribution in [0.3, 0.4) is 0 Å². The second kappa shape index (κ2) is 7.69. The number of amides is 2. The summed E-state index contributed by atoms with van der Waals surface area (Å²) in [6.45, 7) is 5.48. The smallest absolute Gasteiger partial charge is 0.321 e. The Kier molecular flexibility index (Phi) is 5.52. The lowest BCUT2D eigenvalue weighted by atomic mass is 10.1. The van der Waals surface area contributed by atoms with E-state index in [0.29, 0.717) is 26.1 Å². The van der Waals surface area contributed by atoms with Gasteiger partial charge in [0.25, 0.3) is 10.0 Å². The van der Waals surface area contributed by atoms with Gasteiger partial charge >= 0.3 is 6.03 Å². The summed E-state index contributed by atoms with van der Waals surface area (Å²) in [6, 6.07) is 5.56. The largest absolute Gasteiger partial charge is 0.339 e. The fourth-order valence-corrected chi connectivity index (χ4v) is 4.45. The number of benzene rings is 1. The van der Waals surface area contributed by atoms with Crippen molar-refractivity contribution in [1.29, 1.82) is 0 Å². The van der Waals surface area contributed by atoms with E-state index in [1.54, 1.807) is 16.5 Å². The molecule has 0 unspecified atom stereocenters. The molecule has 146 valence electrons. The van der Waals surface area contributed by atoms with Crippen LogP contribution >= 0.6 is 0 Å². The molecule has 2 aromatic rings. The topological polar surface area (TPSA) is 87.5 Å². The molecule has 8 nitrogen and oxygen atoms in total. The molecule has 1 aromatic heterocycles. The molecule has 0 aliphatic carbocycles. The van der Waals surface area contributed by atoms with E-state index < -0.39 is 10.0 Å². The van der Waals surface area contributed by atoms with Crippen molar-refractivity contribution in [2.75, 3.05) is 31.5 Å². The molecule has 3 rings (SSSR count). The lowest BCUT2D eigenvalue weighted by molar-refractivity contribution is 0.214. The zero-order valence-corrected chi connectivity index (χ0v) is 16.7. The van der Waals surface area contributed by atoms with Crippen LogP contribution in [-0.2, 0) is 17.1 Å². The van der Waals surface area contributed by atoms with E-state index in [1.807, 2.05) is 32.0 Å². The fraction of sp³-hybridized carbons (Fsp3) is 0.444. The van der Waals surface area contributed by atoms with Crippen LogP contribution < -0.4 is 5.32 Å². The SMILES string of the molecule is Cc1ccc(NC(=O)N2CCCN(S(=O)(=O)c3cn(C)cn3)CC2)cc1C. The minimum atomic E-state index is -3.64. The van der Waals surface area contributed by atoms with Crippen LogP contribution in [0, 0.1) is 13.8 Å². The van der Waals surface area contributed by atoms with Gasteiger partial charge in [0.2, 0.25) is 0 Å². The van der Waals surface area contributed by atoms with E-state index in [9.17, 15) is 13.2 Å². The molecule has 1 aromatic carbocycles. The molecule has 1 saturated heterocycles. The Morgan fingerprint density at radius 2 is 1.89 bits per heavy atom.